The third-order valence-corrected chi connectivity index (χ3v) is 2.62. The van der Waals surface area contributed by atoms with Crippen molar-refractivity contribution >= 4 is 17.2 Å². The molecule has 1 heterocycles. The van der Waals surface area contributed by atoms with Gasteiger partial charge in [0.15, 0.2) is 0 Å². The number of phenolic OH excluding ortho intramolecular Hbond substituents is 1. The first-order valence-electron chi connectivity index (χ1n) is 5.01. The summed E-state index contributed by atoms with van der Waals surface area (Å²) in [6.07, 6.45) is 1.28. The fraction of sp³-hybridized carbons (Fsp3) is 0.250. The summed E-state index contributed by atoms with van der Waals surface area (Å²) >= 11 is 0. The summed E-state index contributed by atoms with van der Waals surface area (Å²) in [7, 11) is 0. The summed E-state index contributed by atoms with van der Waals surface area (Å²) in [4.78, 5) is 10.5. The highest BCUT2D eigenvalue weighted by molar-refractivity contribution is 5.87. The molecule has 3 nitrogen and oxygen atoms in total. The van der Waals surface area contributed by atoms with Crippen molar-refractivity contribution in [2.45, 2.75) is 19.9 Å². The zero-order valence-electron chi connectivity index (χ0n) is 8.60. The second-order valence-corrected chi connectivity index (χ2v) is 3.46. The van der Waals surface area contributed by atoms with Gasteiger partial charge in [-0.3, -0.25) is 0 Å². The predicted molar refractivity (Wildman–Crippen MR) is 59.0 cm³/mol. The van der Waals surface area contributed by atoms with Gasteiger partial charge >= 0.3 is 0 Å². The second-order valence-electron chi connectivity index (χ2n) is 3.46. The lowest BCUT2D eigenvalue weighted by Crippen LogP contribution is -2.00. The van der Waals surface area contributed by atoms with Crippen LogP contribution in [-0.2, 0) is 17.8 Å². The van der Waals surface area contributed by atoms with E-state index in [0.717, 1.165) is 29.4 Å². The van der Waals surface area contributed by atoms with Gasteiger partial charge in [0.25, 0.3) is 0 Å². The van der Waals surface area contributed by atoms with Crippen LogP contribution in [0, 0.1) is 0 Å². The van der Waals surface area contributed by atoms with Gasteiger partial charge in [0, 0.05) is 24.0 Å². The number of hydrogen-bond acceptors (Lipinski definition) is 2. The molecule has 2 rings (SSSR count). The van der Waals surface area contributed by atoms with E-state index in [1.54, 1.807) is 6.07 Å². The Morgan fingerprint density at radius 3 is 2.93 bits per heavy atom. The van der Waals surface area contributed by atoms with Crippen LogP contribution < -0.4 is 0 Å². The van der Waals surface area contributed by atoms with E-state index in [1.807, 2.05) is 29.7 Å². The predicted octanol–water partition coefficient (Wildman–Crippen LogP) is 2.11. The van der Waals surface area contributed by atoms with E-state index in [0.29, 0.717) is 6.42 Å². The first-order chi connectivity index (χ1) is 7.27. The van der Waals surface area contributed by atoms with E-state index >= 15 is 0 Å². The van der Waals surface area contributed by atoms with Crippen molar-refractivity contribution < 1.29 is 9.90 Å². The summed E-state index contributed by atoms with van der Waals surface area (Å²) in [6.45, 7) is 2.83. The number of aromatic nitrogens is 1. The van der Waals surface area contributed by atoms with Crippen molar-refractivity contribution in [2.75, 3.05) is 0 Å². The number of fused-ring (bicyclic) bond motifs is 1. The molecule has 0 unspecified atom stereocenters. The monoisotopic (exact) mass is 203 g/mol. The molecule has 1 aromatic carbocycles. The van der Waals surface area contributed by atoms with Gasteiger partial charge in [-0.1, -0.05) is 6.07 Å². The summed E-state index contributed by atoms with van der Waals surface area (Å²) < 4.78 is 2.05. The van der Waals surface area contributed by atoms with E-state index in [9.17, 15) is 9.90 Å². The van der Waals surface area contributed by atoms with Gasteiger partial charge in [-0.15, -0.1) is 0 Å². The maximum atomic E-state index is 10.5. The van der Waals surface area contributed by atoms with Gasteiger partial charge in [-0.05, 0) is 25.1 Å². The molecule has 3 heteroatoms. The summed E-state index contributed by atoms with van der Waals surface area (Å²) in [5.41, 5.74) is 1.93. The van der Waals surface area contributed by atoms with Crippen molar-refractivity contribution in [2.24, 2.45) is 0 Å². The highest BCUT2D eigenvalue weighted by atomic mass is 16.3. The first kappa shape index (κ1) is 9.77. The number of hydrogen-bond donors (Lipinski definition) is 1. The maximum absolute atomic E-state index is 10.5. The van der Waals surface area contributed by atoms with Gasteiger partial charge < -0.3 is 14.5 Å². The number of aldehydes is 1. The number of carbonyl (C=O) groups is 1. The molecule has 0 aliphatic rings. The van der Waals surface area contributed by atoms with Gasteiger partial charge in [0.05, 0.1) is 5.52 Å². The van der Waals surface area contributed by atoms with Crippen molar-refractivity contribution in [3.05, 3.63) is 30.0 Å². The smallest absolute Gasteiger partial charge is 0.125 e. The normalized spacial score (nSPS) is 10.7. The highest BCUT2D eigenvalue weighted by Crippen LogP contribution is 2.27. The fourth-order valence-corrected chi connectivity index (χ4v) is 1.95. The Morgan fingerprint density at radius 2 is 2.27 bits per heavy atom. The van der Waals surface area contributed by atoms with Crippen LogP contribution in [0.1, 0.15) is 12.6 Å². The average molecular weight is 203 g/mol. The summed E-state index contributed by atoms with van der Waals surface area (Å²) in [6, 6.07) is 7.30. The Bertz CT molecular complexity index is 500. The van der Waals surface area contributed by atoms with E-state index < -0.39 is 0 Å². The maximum Gasteiger partial charge on any atom is 0.125 e. The molecule has 1 N–H and O–H groups in total. The van der Waals surface area contributed by atoms with Crippen LogP contribution in [0.4, 0.5) is 0 Å². The minimum absolute atomic E-state index is 0.270. The van der Waals surface area contributed by atoms with E-state index in [4.69, 9.17) is 0 Å². The minimum atomic E-state index is 0.270. The first-order valence-corrected chi connectivity index (χ1v) is 5.01. The van der Waals surface area contributed by atoms with Crippen LogP contribution in [0.25, 0.3) is 10.9 Å². The Labute approximate surface area is 87.9 Å². The SMILES string of the molecule is CCn1c(CC=O)cc2c(O)cccc21. The van der Waals surface area contributed by atoms with E-state index in [1.165, 1.54) is 0 Å². The molecule has 78 valence electrons. The lowest BCUT2D eigenvalue weighted by molar-refractivity contribution is -0.107. The summed E-state index contributed by atoms with van der Waals surface area (Å²) in [5, 5.41) is 10.5. The van der Waals surface area contributed by atoms with Crippen LogP contribution in [0.15, 0.2) is 24.3 Å². The topological polar surface area (TPSA) is 42.2 Å². The average Bonchev–Trinajstić information content (AvgIpc) is 2.58. The molecule has 0 saturated carbocycles. The molecule has 0 amide bonds. The van der Waals surface area contributed by atoms with Crippen molar-refractivity contribution in [1.82, 2.24) is 4.57 Å². The molecule has 1 aromatic heterocycles. The van der Waals surface area contributed by atoms with Gasteiger partial charge in [-0.2, -0.15) is 0 Å². The third-order valence-electron chi connectivity index (χ3n) is 2.62. The molecule has 0 saturated heterocycles. The molecule has 0 fully saturated rings. The number of phenols is 1. The van der Waals surface area contributed by atoms with Crippen LogP contribution in [0.2, 0.25) is 0 Å². The molecule has 15 heavy (non-hydrogen) atoms. The Hall–Kier alpha value is -1.77. The van der Waals surface area contributed by atoms with Crippen LogP contribution in [-0.4, -0.2) is 16.0 Å². The third kappa shape index (κ3) is 1.50. The molecule has 0 atom stereocenters. The molecule has 0 aliphatic carbocycles. The number of benzene rings is 1. The summed E-state index contributed by atoms with van der Waals surface area (Å²) in [5.74, 6) is 0.270. The zero-order chi connectivity index (χ0) is 10.8. The lowest BCUT2D eigenvalue weighted by Gasteiger charge is -2.04. The number of aromatic hydroxyl groups is 1. The Balaban J connectivity index is 2.72. The molecule has 0 bridgehead atoms. The quantitative estimate of drug-likeness (QED) is 0.776. The number of carbonyl (C=O) groups excluding carboxylic acids is 1. The van der Waals surface area contributed by atoms with E-state index in [2.05, 4.69) is 0 Å². The number of rotatable bonds is 3. The number of nitrogens with zero attached hydrogens (tertiary/aromatic N) is 1. The minimum Gasteiger partial charge on any atom is -0.507 e. The number of aryl methyl sites for hydroxylation is 1. The molecule has 0 spiro atoms. The van der Waals surface area contributed by atoms with E-state index in [-0.39, 0.29) is 5.75 Å². The fourth-order valence-electron chi connectivity index (χ4n) is 1.95. The largest absolute Gasteiger partial charge is 0.507 e. The zero-order valence-corrected chi connectivity index (χ0v) is 8.60. The van der Waals surface area contributed by atoms with Gasteiger partial charge in [0.2, 0.25) is 0 Å². The van der Waals surface area contributed by atoms with Crippen molar-refractivity contribution in [3.63, 3.8) is 0 Å². The lowest BCUT2D eigenvalue weighted by atomic mass is 10.2. The second kappa shape index (κ2) is 3.77. The van der Waals surface area contributed by atoms with Gasteiger partial charge in [0.1, 0.15) is 12.0 Å². The molecular weight excluding hydrogens is 190 g/mol. The standard InChI is InChI=1S/C12H13NO2/c1-2-13-9(6-7-14)8-10-11(13)4-3-5-12(10)15/h3-5,7-8,15H,2,6H2,1H3. The molecule has 0 radical (unpaired) electrons. The Kier molecular flexibility index (Phi) is 2.46. The van der Waals surface area contributed by atoms with Gasteiger partial charge in [-0.25, -0.2) is 0 Å². The van der Waals surface area contributed by atoms with Crippen LogP contribution in [0.5, 0.6) is 5.75 Å². The Morgan fingerprint density at radius 1 is 1.47 bits per heavy atom. The van der Waals surface area contributed by atoms with Crippen LogP contribution >= 0.6 is 0 Å². The molecule has 0 aliphatic heterocycles. The molecular formula is C12H13NO2. The molecule has 2 aromatic rings. The van der Waals surface area contributed by atoms with Crippen molar-refractivity contribution in [1.29, 1.82) is 0 Å². The van der Waals surface area contributed by atoms with Crippen molar-refractivity contribution in [3.8, 4) is 5.75 Å². The van der Waals surface area contributed by atoms with Crippen LogP contribution in [0.3, 0.4) is 0 Å². The highest BCUT2D eigenvalue weighted by Gasteiger charge is 2.09.